The summed E-state index contributed by atoms with van der Waals surface area (Å²) in [5, 5.41) is 0. The molecule has 1 aromatic carbocycles. The number of rotatable bonds is 2. The highest BCUT2D eigenvalue weighted by molar-refractivity contribution is 6.00. The molecule has 0 amide bonds. The van der Waals surface area contributed by atoms with Gasteiger partial charge in [-0.15, -0.1) is 0 Å². The average molecular weight is 246 g/mol. The van der Waals surface area contributed by atoms with Gasteiger partial charge in [0, 0.05) is 17.5 Å². The predicted molar refractivity (Wildman–Crippen MR) is 73.4 cm³/mol. The molecule has 0 spiro atoms. The van der Waals surface area contributed by atoms with Crippen molar-refractivity contribution < 1.29 is 9.53 Å². The molecule has 1 aliphatic rings. The first kappa shape index (κ1) is 13.1. The van der Waals surface area contributed by atoms with Crippen molar-refractivity contribution in [3.63, 3.8) is 0 Å². The molecular weight excluding hydrogens is 224 g/mol. The van der Waals surface area contributed by atoms with Gasteiger partial charge in [0.1, 0.15) is 5.75 Å². The summed E-state index contributed by atoms with van der Waals surface area (Å²) in [5.74, 6) is 1.16. The van der Waals surface area contributed by atoms with Crippen LogP contribution >= 0.6 is 0 Å². The molecule has 0 radical (unpaired) electrons. The van der Waals surface area contributed by atoms with Crippen LogP contribution in [0.4, 0.5) is 0 Å². The number of benzene rings is 1. The van der Waals surface area contributed by atoms with E-state index in [9.17, 15) is 4.79 Å². The standard InChI is InChI=1S/C16H22O2/c1-5-18-14-7-6-11(2)15-12(14)8-9-16(3,4)10-13(15)17/h6-7H,5,8-10H2,1-4H3. The minimum absolute atomic E-state index is 0.0893. The monoisotopic (exact) mass is 246 g/mol. The number of hydrogen-bond donors (Lipinski definition) is 0. The third kappa shape index (κ3) is 2.43. The molecule has 0 unspecified atom stereocenters. The zero-order chi connectivity index (χ0) is 13.3. The Hall–Kier alpha value is -1.31. The third-order valence-electron chi connectivity index (χ3n) is 3.75. The number of ketones is 1. The number of ether oxygens (including phenoxy) is 1. The summed E-state index contributed by atoms with van der Waals surface area (Å²) in [4.78, 5) is 12.4. The summed E-state index contributed by atoms with van der Waals surface area (Å²) in [7, 11) is 0. The summed E-state index contributed by atoms with van der Waals surface area (Å²) in [6, 6.07) is 4.00. The predicted octanol–water partition coefficient (Wildman–Crippen LogP) is 3.94. The van der Waals surface area contributed by atoms with Gasteiger partial charge in [-0.25, -0.2) is 0 Å². The number of hydrogen-bond acceptors (Lipinski definition) is 2. The fourth-order valence-corrected chi connectivity index (χ4v) is 2.75. The molecule has 98 valence electrons. The molecule has 0 heterocycles. The maximum atomic E-state index is 12.4. The number of Topliss-reactive ketones (excluding diaryl/α,β-unsaturated/α-hetero) is 1. The smallest absolute Gasteiger partial charge is 0.164 e. The van der Waals surface area contributed by atoms with Crippen LogP contribution in [0.5, 0.6) is 5.75 Å². The van der Waals surface area contributed by atoms with Gasteiger partial charge >= 0.3 is 0 Å². The number of carbonyl (C=O) groups excluding carboxylic acids is 1. The molecule has 0 bridgehead atoms. The largest absolute Gasteiger partial charge is 0.494 e. The highest BCUT2D eigenvalue weighted by atomic mass is 16.5. The Balaban J connectivity index is 2.52. The van der Waals surface area contributed by atoms with Crippen molar-refractivity contribution in [2.75, 3.05) is 6.61 Å². The van der Waals surface area contributed by atoms with Crippen molar-refractivity contribution in [3.8, 4) is 5.75 Å². The van der Waals surface area contributed by atoms with E-state index in [-0.39, 0.29) is 11.2 Å². The highest BCUT2D eigenvalue weighted by Crippen LogP contribution is 2.38. The molecule has 2 heteroatoms. The van der Waals surface area contributed by atoms with Gasteiger partial charge in [0.2, 0.25) is 0 Å². The molecule has 0 saturated heterocycles. The van der Waals surface area contributed by atoms with E-state index < -0.39 is 0 Å². The van der Waals surface area contributed by atoms with Crippen LogP contribution in [0.1, 0.15) is 55.1 Å². The Morgan fingerprint density at radius 3 is 2.72 bits per heavy atom. The fraction of sp³-hybridized carbons (Fsp3) is 0.562. The fourth-order valence-electron chi connectivity index (χ4n) is 2.75. The lowest BCUT2D eigenvalue weighted by atomic mass is 9.84. The van der Waals surface area contributed by atoms with Crippen molar-refractivity contribution in [2.45, 2.75) is 47.0 Å². The molecule has 0 saturated carbocycles. The third-order valence-corrected chi connectivity index (χ3v) is 3.75. The quantitative estimate of drug-likeness (QED) is 0.739. The van der Waals surface area contributed by atoms with Crippen LogP contribution in [-0.4, -0.2) is 12.4 Å². The Kier molecular flexibility index (Phi) is 3.47. The van der Waals surface area contributed by atoms with E-state index in [1.54, 1.807) is 0 Å². The van der Waals surface area contributed by atoms with Crippen LogP contribution in [0.2, 0.25) is 0 Å². The summed E-state index contributed by atoms with van der Waals surface area (Å²) in [6.07, 6.45) is 2.61. The van der Waals surface area contributed by atoms with Crippen LogP contribution in [0.15, 0.2) is 12.1 Å². The topological polar surface area (TPSA) is 26.3 Å². The van der Waals surface area contributed by atoms with E-state index in [0.29, 0.717) is 13.0 Å². The lowest BCUT2D eigenvalue weighted by Gasteiger charge is -2.20. The summed E-state index contributed by atoms with van der Waals surface area (Å²) in [6.45, 7) is 8.99. The van der Waals surface area contributed by atoms with Crippen LogP contribution in [0, 0.1) is 12.3 Å². The van der Waals surface area contributed by atoms with Crippen LogP contribution < -0.4 is 4.74 Å². The molecule has 0 atom stereocenters. The van der Waals surface area contributed by atoms with Crippen molar-refractivity contribution in [2.24, 2.45) is 5.41 Å². The second kappa shape index (κ2) is 4.75. The van der Waals surface area contributed by atoms with Crippen LogP contribution in [0.3, 0.4) is 0 Å². The maximum Gasteiger partial charge on any atom is 0.164 e. The Morgan fingerprint density at radius 2 is 2.06 bits per heavy atom. The highest BCUT2D eigenvalue weighted by Gasteiger charge is 2.30. The minimum Gasteiger partial charge on any atom is -0.494 e. The normalized spacial score (nSPS) is 18.1. The van der Waals surface area contributed by atoms with Crippen LogP contribution in [-0.2, 0) is 6.42 Å². The van der Waals surface area contributed by atoms with Gasteiger partial charge in [-0.2, -0.15) is 0 Å². The summed E-state index contributed by atoms with van der Waals surface area (Å²) in [5.41, 5.74) is 3.20. The van der Waals surface area contributed by atoms with Crippen molar-refractivity contribution in [1.29, 1.82) is 0 Å². The summed E-state index contributed by atoms with van der Waals surface area (Å²) < 4.78 is 5.68. The van der Waals surface area contributed by atoms with Gasteiger partial charge in [-0.1, -0.05) is 19.9 Å². The van der Waals surface area contributed by atoms with E-state index >= 15 is 0 Å². The number of carbonyl (C=O) groups is 1. The van der Waals surface area contributed by atoms with E-state index in [1.165, 1.54) is 0 Å². The van der Waals surface area contributed by atoms with Crippen molar-refractivity contribution in [3.05, 3.63) is 28.8 Å². The van der Waals surface area contributed by atoms with Crippen molar-refractivity contribution in [1.82, 2.24) is 0 Å². The lowest BCUT2D eigenvalue weighted by Crippen LogP contribution is -2.15. The second-order valence-electron chi connectivity index (χ2n) is 5.93. The van der Waals surface area contributed by atoms with Gasteiger partial charge in [0.25, 0.3) is 0 Å². The van der Waals surface area contributed by atoms with Gasteiger partial charge < -0.3 is 4.74 Å². The Morgan fingerprint density at radius 1 is 1.33 bits per heavy atom. The molecule has 0 N–H and O–H groups in total. The first-order valence-corrected chi connectivity index (χ1v) is 6.73. The first-order chi connectivity index (χ1) is 8.44. The van der Waals surface area contributed by atoms with Gasteiger partial charge in [0.15, 0.2) is 5.78 Å². The maximum absolute atomic E-state index is 12.4. The second-order valence-corrected chi connectivity index (χ2v) is 5.93. The zero-order valence-corrected chi connectivity index (χ0v) is 11.8. The molecule has 0 aliphatic heterocycles. The van der Waals surface area contributed by atoms with Crippen molar-refractivity contribution >= 4 is 5.78 Å². The molecule has 2 rings (SSSR count). The Labute approximate surface area is 109 Å². The van der Waals surface area contributed by atoms with E-state index in [1.807, 2.05) is 26.0 Å². The average Bonchev–Trinajstić information content (AvgIpc) is 2.39. The number of fused-ring (bicyclic) bond motifs is 1. The van der Waals surface area contributed by atoms with Gasteiger partial charge in [-0.05, 0) is 43.7 Å². The van der Waals surface area contributed by atoms with Crippen LogP contribution in [0.25, 0.3) is 0 Å². The molecule has 0 fully saturated rings. The lowest BCUT2D eigenvalue weighted by molar-refractivity contribution is 0.0933. The van der Waals surface area contributed by atoms with E-state index in [0.717, 1.165) is 35.3 Å². The Bertz CT molecular complexity index is 472. The summed E-state index contributed by atoms with van der Waals surface area (Å²) >= 11 is 0. The molecule has 18 heavy (non-hydrogen) atoms. The zero-order valence-electron chi connectivity index (χ0n) is 11.8. The van der Waals surface area contributed by atoms with E-state index in [2.05, 4.69) is 13.8 Å². The molecule has 1 aromatic rings. The van der Waals surface area contributed by atoms with E-state index in [4.69, 9.17) is 4.74 Å². The minimum atomic E-state index is 0.0893. The molecular formula is C16H22O2. The number of aryl methyl sites for hydroxylation is 1. The first-order valence-electron chi connectivity index (χ1n) is 6.73. The van der Waals surface area contributed by atoms with Gasteiger partial charge in [-0.3, -0.25) is 4.79 Å². The van der Waals surface area contributed by atoms with Gasteiger partial charge in [0.05, 0.1) is 6.61 Å². The SMILES string of the molecule is CCOc1ccc(C)c2c1CCC(C)(C)CC2=O. The molecule has 2 nitrogen and oxygen atoms in total. The molecule has 1 aliphatic carbocycles. The molecule has 0 aromatic heterocycles.